The van der Waals surface area contributed by atoms with Gasteiger partial charge in [-0.25, -0.2) is 0 Å². The van der Waals surface area contributed by atoms with Crippen molar-refractivity contribution in [3.05, 3.63) is 32.4 Å². The smallest absolute Gasteiger partial charge is 0.251 e. The molecule has 0 spiro atoms. The van der Waals surface area contributed by atoms with E-state index in [2.05, 4.69) is 27.9 Å². The highest BCUT2D eigenvalue weighted by atomic mass is 127. The summed E-state index contributed by atoms with van der Waals surface area (Å²) >= 11 is 14.0. The van der Waals surface area contributed by atoms with E-state index in [1.165, 1.54) is 0 Å². The largest absolute Gasteiger partial charge is 0.345 e. The molecule has 0 unspecified atom stereocenters. The SMILES string of the molecule is O=C(NC1(CCl)CCC1)c1ccc(I)c(Cl)c1. The highest BCUT2D eigenvalue weighted by Gasteiger charge is 2.37. The number of hydrogen-bond donors (Lipinski definition) is 1. The maximum Gasteiger partial charge on any atom is 0.251 e. The number of rotatable bonds is 3. The average molecular weight is 384 g/mol. The molecule has 1 aromatic rings. The minimum Gasteiger partial charge on any atom is -0.345 e. The van der Waals surface area contributed by atoms with Crippen LogP contribution in [-0.4, -0.2) is 17.3 Å². The average Bonchev–Trinajstić information content (AvgIpc) is 2.27. The lowest BCUT2D eigenvalue weighted by molar-refractivity contribution is 0.0854. The van der Waals surface area contributed by atoms with E-state index in [1.807, 2.05) is 6.07 Å². The van der Waals surface area contributed by atoms with Crippen molar-refractivity contribution in [1.82, 2.24) is 5.32 Å². The summed E-state index contributed by atoms with van der Waals surface area (Å²) < 4.78 is 0.941. The van der Waals surface area contributed by atoms with Crippen LogP contribution in [0.4, 0.5) is 0 Å². The van der Waals surface area contributed by atoms with E-state index in [9.17, 15) is 4.79 Å². The van der Waals surface area contributed by atoms with Gasteiger partial charge in [0.2, 0.25) is 0 Å². The maximum atomic E-state index is 12.0. The van der Waals surface area contributed by atoms with Crippen LogP contribution in [0.2, 0.25) is 5.02 Å². The lowest BCUT2D eigenvalue weighted by Gasteiger charge is -2.41. The zero-order valence-corrected chi connectivity index (χ0v) is 12.8. The Morgan fingerprint density at radius 1 is 1.47 bits per heavy atom. The summed E-state index contributed by atoms with van der Waals surface area (Å²) in [6.07, 6.45) is 3.04. The zero-order valence-electron chi connectivity index (χ0n) is 9.10. The van der Waals surface area contributed by atoms with Crippen molar-refractivity contribution in [2.75, 3.05) is 5.88 Å². The molecule has 1 amide bonds. The van der Waals surface area contributed by atoms with Gasteiger partial charge in [-0.3, -0.25) is 4.79 Å². The first kappa shape index (κ1) is 13.4. The fraction of sp³-hybridized carbons (Fsp3) is 0.417. The topological polar surface area (TPSA) is 29.1 Å². The van der Waals surface area contributed by atoms with Gasteiger partial charge in [-0.2, -0.15) is 0 Å². The lowest BCUT2D eigenvalue weighted by Crippen LogP contribution is -2.55. The molecule has 2 rings (SSSR count). The summed E-state index contributed by atoms with van der Waals surface area (Å²) in [6.45, 7) is 0. The Hall–Kier alpha value is -0.0000000000000000555. The number of amides is 1. The molecule has 0 aliphatic heterocycles. The van der Waals surface area contributed by atoms with E-state index in [-0.39, 0.29) is 11.4 Å². The molecule has 2 nitrogen and oxygen atoms in total. The third-order valence-corrected chi connectivity index (χ3v) is 5.21. The number of hydrogen-bond acceptors (Lipinski definition) is 1. The number of alkyl halides is 1. The first-order valence-corrected chi connectivity index (χ1v) is 7.39. The normalized spacial score (nSPS) is 17.4. The van der Waals surface area contributed by atoms with E-state index in [4.69, 9.17) is 23.2 Å². The second kappa shape index (κ2) is 5.33. The molecule has 1 fully saturated rings. The summed E-state index contributed by atoms with van der Waals surface area (Å²) in [6, 6.07) is 5.31. The summed E-state index contributed by atoms with van der Waals surface area (Å²) in [7, 11) is 0. The summed E-state index contributed by atoms with van der Waals surface area (Å²) in [4.78, 5) is 12.0. The van der Waals surface area contributed by atoms with Crippen LogP contribution in [0.25, 0.3) is 0 Å². The van der Waals surface area contributed by atoms with Gasteiger partial charge in [0.25, 0.3) is 5.91 Å². The molecule has 0 heterocycles. The van der Waals surface area contributed by atoms with Crippen LogP contribution in [0, 0.1) is 3.57 Å². The monoisotopic (exact) mass is 383 g/mol. The molecule has 1 aromatic carbocycles. The molecule has 5 heteroatoms. The van der Waals surface area contributed by atoms with E-state index in [0.29, 0.717) is 16.5 Å². The fourth-order valence-electron chi connectivity index (χ4n) is 1.85. The Kier molecular flexibility index (Phi) is 4.21. The van der Waals surface area contributed by atoms with Crippen molar-refractivity contribution in [2.45, 2.75) is 24.8 Å². The molecular formula is C12H12Cl2INO. The molecule has 0 aromatic heterocycles. The number of halogens is 3. The molecule has 1 aliphatic rings. The van der Waals surface area contributed by atoms with Crippen molar-refractivity contribution in [3.63, 3.8) is 0 Å². The Morgan fingerprint density at radius 3 is 2.65 bits per heavy atom. The standard InChI is InChI=1S/C12H12Cl2INO/c13-7-12(4-1-5-12)16-11(17)8-2-3-10(15)9(14)6-8/h2-3,6H,1,4-5,7H2,(H,16,17). The number of benzene rings is 1. The quantitative estimate of drug-likeness (QED) is 0.623. The van der Waals surface area contributed by atoms with Gasteiger partial charge in [0.1, 0.15) is 0 Å². The Bertz CT molecular complexity index is 441. The van der Waals surface area contributed by atoms with Gasteiger partial charge >= 0.3 is 0 Å². The van der Waals surface area contributed by atoms with Crippen LogP contribution in [0.3, 0.4) is 0 Å². The molecule has 0 bridgehead atoms. The van der Waals surface area contributed by atoms with Crippen LogP contribution in [0.15, 0.2) is 18.2 Å². The van der Waals surface area contributed by atoms with Crippen molar-refractivity contribution in [2.24, 2.45) is 0 Å². The summed E-state index contributed by atoms with van der Waals surface area (Å²) in [5.41, 5.74) is 0.389. The molecule has 1 aliphatic carbocycles. The third-order valence-electron chi connectivity index (χ3n) is 3.13. The van der Waals surface area contributed by atoms with Gasteiger partial charge in [0, 0.05) is 15.0 Å². The first-order chi connectivity index (χ1) is 8.06. The van der Waals surface area contributed by atoms with Gasteiger partial charge in [-0.15, -0.1) is 11.6 Å². The van der Waals surface area contributed by atoms with Crippen molar-refractivity contribution in [3.8, 4) is 0 Å². The molecule has 17 heavy (non-hydrogen) atoms. The van der Waals surface area contributed by atoms with E-state index < -0.39 is 0 Å². The molecule has 92 valence electrons. The Balaban J connectivity index is 2.11. The van der Waals surface area contributed by atoms with E-state index in [1.54, 1.807) is 12.1 Å². The minimum absolute atomic E-state index is 0.0938. The van der Waals surface area contributed by atoms with E-state index >= 15 is 0 Å². The second-order valence-electron chi connectivity index (χ2n) is 4.35. The van der Waals surface area contributed by atoms with Crippen LogP contribution >= 0.6 is 45.8 Å². The minimum atomic E-state index is -0.200. The molecule has 1 saturated carbocycles. The van der Waals surface area contributed by atoms with Crippen molar-refractivity contribution < 1.29 is 4.79 Å². The Labute approximate surface area is 124 Å². The van der Waals surface area contributed by atoms with Crippen LogP contribution < -0.4 is 5.32 Å². The highest BCUT2D eigenvalue weighted by molar-refractivity contribution is 14.1. The van der Waals surface area contributed by atoms with Gasteiger partial charge in [-0.1, -0.05) is 11.6 Å². The first-order valence-electron chi connectivity index (χ1n) is 5.40. The molecule has 1 N–H and O–H groups in total. The zero-order chi connectivity index (χ0) is 12.5. The van der Waals surface area contributed by atoms with Crippen LogP contribution in [-0.2, 0) is 0 Å². The van der Waals surface area contributed by atoms with Gasteiger partial charge in [0.15, 0.2) is 0 Å². The number of nitrogens with one attached hydrogen (secondary N) is 1. The van der Waals surface area contributed by atoms with Crippen LogP contribution in [0.5, 0.6) is 0 Å². The van der Waals surface area contributed by atoms with Gasteiger partial charge in [-0.05, 0) is 60.1 Å². The number of carbonyl (C=O) groups is 1. The molecule has 0 saturated heterocycles. The third kappa shape index (κ3) is 2.88. The maximum absolute atomic E-state index is 12.0. The van der Waals surface area contributed by atoms with Crippen LogP contribution in [0.1, 0.15) is 29.6 Å². The second-order valence-corrected chi connectivity index (χ2v) is 6.19. The lowest BCUT2D eigenvalue weighted by atomic mass is 9.78. The summed E-state index contributed by atoms with van der Waals surface area (Å²) in [5, 5.41) is 3.61. The summed E-state index contributed by atoms with van der Waals surface area (Å²) in [5.74, 6) is 0.375. The van der Waals surface area contributed by atoms with E-state index in [0.717, 1.165) is 22.8 Å². The highest BCUT2D eigenvalue weighted by Crippen LogP contribution is 2.33. The molecule has 0 atom stereocenters. The van der Waals surface area contributed by atoms with Crippen molar-refractivity contribution >= 4 is 51.7 Å². The Morgan fingerprint density at radius 2 is 2.18 bits per heavy atom. The predicted molar refractivity (Wildman–Crippen MR) is 78.9 cm³/mol. The molecule has 0 radical (unpaired) electrons. The number of carbonyl (C=O) groups excluding carboxylic acids is 1. The predicted octanol–water partition coefficient (Wildman–Crippen LogP) is 3.84. The fourth-order valence-corrected chi connectivity index (χ4v) is 2.70. The van der Waals surface area contributed by atoms with Gasteiger partial charge < -0.3 is 5.32 Å². The molecular weight excluding hydrogens is 372 g/mol. The van der Waals surface area contributed by atoms with Crippen molar-refractivity contribution in [1.29, 1.82) is 0 Å². The van der Waals surface area contributed by atoms with Gasteiger partial charge in [0.05, 0.1) is 10.6 Å².